The van der Waals surface area contributed by atoms with Gasteiger partial charge in [-0.25, -0.2) is 4.79 Å². The first-order valence-corrected chi connectivity index (χ1v) is 7.37. The van der Waals surface area contributed by atoms with E-state index in [0.29, 0.717) is 0 Å². The monoisotopic (exact) mass is 289 g/mol. The predicted octanol–water partition coefficient (Wildman–Crippen LogP) is 0.763. The molecule has 19 heavy (non-hydrogen) atoms. The van der Waals surface area contributed by atoms with Gasteiger partial charge in [-0.1, -0.05) is 30.3 Å². The average molecular weight is 289 g/mol. The molecule has 0 aliphatic carbocycles. The van der Waals surface area contributed by atoms with Crippen molar-refractivity contribution in [2.75, 3.05) is 19.4 Å². The van der Waals surface area contributed by atoms with E-state index in [1.54, 1.807) is 30.3 Å². The van der Waals surface area contributed by atoms with E-state index in [2.05, 4.69) is 0 Å². The minimum Gasteiger partial charge on any atom is -0.632 e. The molecule has 0 heterocycles. The molecule has 0 aromatic heterocycles. The van der Waals surface area contributed by atoms with E-state index >= 15 is 0 Å². The molecule has 0 spiro atoms. The highest BCUT2D eigenvalue weighted by atomic mass is 31.2. The number of hydrogen-bond donors (Lipinski definition) is 3. The molecule has 7 nitrogen and oxygen atoms in total. The van der Waals surface area contributed by atoms with Crippen molar-refractivity contribution >= 4 is 13.6 Å². The Morgan fingerprint density at radius 3 is 2.32 bits per heavy atom. The zero-order valence-corrected chi connectivity index (χ0v) is 11.1. The largest absolute Gasteiger partial charge is 0.632 e. The lowest BCUT2D eigenvalue weighted by molar-refractivity contribution is -0.862. The fraction of sp³-hybridized carbons (Fsp3) is 0.364. The van der Waals surface area contributed by atoms with Gasteiger partial charge in [0.05, 0.1) is 6.54 Å². The van der Waals surface area contributed by atoms with E-state index in [1.165, 1.54) is 0 Å². The van der Waals surface area contributed by atoms with Gasteiger partial charge < -0.3 is 24.7 Å². The summed E-state index contributed by atoms with van der Waals surface area (Å²) in [5.74, 6) is -1.38. The van der Waals surface area contributed by atoms with E-state index in [1.807, 2.05) is 0 Å². The van der Waals surface area contributed by atoms with Crippen LogP contribution < -0.4 is 0 Å². The number of carbonyl (C=O) groups is 1. The van der Waals surface area contributed by atoms with Crippen LogP contribution in [-0.4, -0.2) is 44.9 Å². The molecule has 1 unspecified atom stereocenters. The Morgan fingerprint density at radius 1 is 1.26 bits per heavy atom. The van der Waals surface area contributed by atoms with Gasteiger partial charge >= 0.3 is 13.6 Å². The second-order valence-electron chi connectivity index (χ2n) is 4.38. The predicted molar refractivity (Wildman–Crippen MR) is 68.1 cm³/mol. The van der Waals surface area contributed by atoms with Crippen LogP contribution in [0.4, 0.5) is 0 Å². The number of nitrogens with zero attached hydrogens (tertiary/aromatic N) is 1. The van der Waals surface area contributed by atoms with Gasteiger partial charge in [0.25, 0.3) is 0 Å². The normalized spacial score (nSPS) is 14.9. The summed E-state index contributed by atoms with van der Waals surface area (Å²) in [6.45, 7) is -1.06. The molecule has 1 aromatic rings. The molecule has 0 saturated heterocycles. The third kappa shape index (κ3) is 6.47. The van der Waals surface area contributed by atoms with Crippen molar-refractivity contribution < 1.29 is 28.9 Å². The number of benzene rings is 1. The van der Waals surface area contributed by atoms with Gasteiger partial charge in [0, 0.05) is 6.42 Å². The van der Waals surface area contributed by atoms with E-state index in [4.69, 9.17) is 14.9 Å². The van der Waals surface area contributed by atoms with Gasteiger partial charge in [0.1, 0.15) is 0 Å². The van der Waals surface area contributed by atoms with Crippen molar-refractivity contribution in [3.63, 3.8) is 0 Å². The third-order valence-corrected chi connectivity index (χ3v) is 3.40. The highest BCUT2D eigenvalue weighted by Crippen LogP contribution is 2.37. The molecular formula is C11H16NO6P. The van der Waals surface area contributed by atoms with Crippen LogP contribution in [0.25, 0.3) is 0 Å². The zero-order valence-electron chi connectivity index (χ0n) is 10.2. The molecular weight excluding hydrogens is 273 g/mol. The lowest BCUT2D eigenvalue weighted by Gasteiger charge is -2.41. The van der Waals surface area contributed by atoms with Crippen molar-refractivity contribution in [1.29, 1.82) is 0 Å². The molecule has 0 aliphatic rings. The number of quaternary nitrogens is 1. The van der Waals surface area contributed by atoms with Crippen LogP contribution in [0, 0.1) is 5.21 Å². The highest BCUT2D eigenvalue weighted by molar-refractivity contribution is 7.51. The lowest BCUT2D eigenvalue weighted by atomic mass is 10.1. The van der Waals surface area contributed by atoms with Crippen molar-refractivity contribution in [2.24, 2.45) is 0 Å². The summed E-state index contributed by atoms with van der Waals surface area (Å²) in [4.78, 5) is 28.4. The fourth-order valence-electron chi connectivity index (χ4n) is 1.76. The minimum absolute atomic E-state index is 0.193. The Hall–Kier alpha value is -1.24. The second-order valence-corrected chi connectivity index (χ2v) is 5.99. The van der Waals surface area contributed by atoms with Gasteiger partial charge in [-0.05, 0) is 5.56 Å². The highest BCUT2D eigenvalue weighted by Gasteiger charge is 2.30. The van der Waals surface area contributed by atoms with Crippen LogP contribution in [0.3, 0.4) is 0 Å². The average Bonchev–Trinajstić information content (AvgIpc) is 2.24. The maximum atomic E-state index is 12.2. The van der Waals surface area contributed by atoms with Crippen molar-refractivity contribution in [3.8, 4) is 0 Å². The summed E-state index contributed by atoms with van der Waals surface area (Å²) >= 11 is 0. The molecule has 3 N–H and O–H groups in total. The first-order valence-electron chi connectivity index (χ1n) is 5.58. The number of hydroxylamine groups is 3. The first-order chi connectivity index (χ1) is 8.70. The standard InChI is InChI=1S/C11H16NO6P/c13-11(14)8-12(15,9-19(16,17)18)7-6-10-4-2-1-3-5-10/h1-5H,6-9H2,(H,13,14)(H2,16,17,18). The third-order valence-electron chi connectivity index (χ3n) is 2.52. The van der Waals surface area contributed by atoms with Gasteiger partial charge in [0.15, 0.2) is 12.8 Å². The number of carboxylic acid groups (broad SMARTS) is 1. The molecule has 1 rings (SSSR count). The Kier molecular flexibility index (Phi) is 5.22. The van der Waals surface area contributed by atoms with Gasteiger partial charge in [0.2, 0.25) is 0 Å². The maximum absolute atomic E-state index is 12.2. The molecule has 0 saturated carbocycles. The fourth-order valence-corrected chi connectivity index (χ4v) is 2.67. The van der Waals surface area contributed by atoms with E-state index in [-0.39, 0.29) is 13.0 Å². The Morgan fingerprint density at radius 2 is 1.84 bits per heavy atom. The first kappa shape index (κ1) is 15.8. The van der Waals surface area contributed by atoms with Gasteiger partial charge in [-0.15, -0.1) is 0 Å². The van der Waals surface area contributed by atoms with Crippen LogP contribution in [0.5, 0.6) is 0 Å². The number of rotatable bonds is 7. The summed E-state index contributed by atoms with van der Waals surface area (Å²) in [5, 5.41) is 20.8. The molecule has 1 aromatic carbocycles. The molecule has 0 amide bonds. The Balaban J connectivity index is 2.74. The zero-order chi connectivity index (χ0) is 14.5. The quantitative estimate of drug-likeness (QED) is 0.387. The van der Waals surface area contributed by atoms with Gasteiger partial charge in [-0.2, -0.15) is 0 Å². The van der Waals surface area contributed by atoms with Crippen molar-refractivity contribution in [1.82, 2.24) is 0 Å². The summed E-state index contributed by atoms with van der Waals surface area (Å²) in [6.07, 6.45) is -0.760. The van der Waals surface area contributed by atoms with E-state index in [9.17, 15) is 14.6 Å². The van der Waals surface area contributed by atoms with Crippen LogP contribution in [0.15, 0.2) is 30.3 Å². The van der Waals surface area contributed by atoms with Crippen LogP contribution in [0.2, 0.25) is 0 Å². The number of aliphatic carboxylic acids is 1. The summed E-state index contributed by atoms with van der Waals surface area (Å²) < 4.78 is 9.49. The van der Waals surface area contributed by atoms with Crippen LogP contribution in [0.1, 0.15) is 5.56 Å². The molecule has 1 atom stereocenters. The van der Waals surface area contributed by atoms with E-state index < -0.39 is 31.0 Å². The Labute approximate surface area is 110 Å². The molecule has 0 aliphatic heterocycles. The second kappa shape index (κ2) is 6.27. The summed E-state index contributed by atoms with van der Waals surface area (Å²) in [6, 6.07) is 8.88. The molecule has 0 radical (unpaired) electrons. The van der Waals surface area contributed by atoms with Crippen molar-refractivity contribution in [3.05, 3.63) is 41.1 Å². The molecule has 8 heteroatoms. The Bertz CT molecular complexity index is 473. The van der Waals surface area contributed by atoms with Crippen LogP contribution in [-0.2, 0) is 15.8 Å². The molecule has 0 fully saturated rings. The molecule has 0 bridgehead atoms. The van der Waals surface area contributed by atoms with Crippen LogP contribution >= 0.6 is 7.60 Å². The number of hydrogen-bond acceptors (Lipinski definition) is 3. The number of carboxylic acids is 1. The lowest BCUT2D eigenvalue weighted by Crippen LogP contribution is -2.47. The maximum Gasteiger partial charge on any atom is 0.379 e. The van der Waals surface area contributed by atoms with E-state index in [0.717, 1.165) is 5.56 Å². The van der Waals surface area contributed by atoms with Crippen molar-refractivity contribution in [2.45, 2.75) is 6.42 Å². The molecule has 106 valence electrons. The summed E-state index contributed by atoms with van der Waals surface area (Å²) in [5.41, 5.74) is 0.817. The smallest absolute Gasteiger partial charge is 0.379 e. The minimum atomic E-state index is -4.57. The summed E-state index contributed by atoms with van der Waals surface area (Å²) in [7, 11) is -4.57. The SMILES string of the molecule is O=C(O)C[N+]([O-])(CCc1ccccc1)CP(=O)(O)O. The van der Waals surface area contributed by atoms with Gasteiger partial charge in [-0.3, -0.25) is 4.57 Å². The topological polar surface area (TPSA) is 118 Å².